The first kappa shape index (κ1) is 29.0. The van der Waals surface area contributed by atoms with Gasteiger partial charge in [0.2, 0.25) is 0 Å². The molecule has 0 amide bonds. The predicted octanol–water partition coefficient (Wildman–Crippen LogP) is -0.232. The van der Waals surface area contributed by atoms with Crippen molar-refractivity contribution in [3.05, 3.63) is 70.7 Å². The highest BCUT2D eigenvalue weighted by Gasteiger charge is 2.36. The lowest BCUT2D eigenvalue weighted by Gasteiger charge is -2.47. The highest BCUT2D eigenvalue weighted by Crippen LogP contribution is 2.31. The van der Waals surface area contributed by atoms with Crippen LogP contribution < -0.4 is 12.4 Å². The van der Waals surface area contributed by atoms with Crippen LogP contribution in [0.3, 0.4) is 0 Å². The Balaban J connectivity index is 0.00000432. The molecule has 192 valence electrons. The third-order valence-electron chi connectivity index (χ3n) is 6.26. The van der Waals surface area contributed by atoms with Gasteiger partial charge in [-0.2, -0.15) is 0 Å². The van der Waals surface area contributed by atoms with Crippen molar-refractivity contribution < 1.29 is 46.2 Å². The maximum Gasteiger partial charge on any atom is 0.329 e. The number of ether oxygens (including phenoxy) is 2. The van der Waals surface area contributed by atoms with Crippen LogP contribution in [-0.4, -0.2) is 97.2 Å². The summed E-state index contributed by atoms with van der Waals surface area (Å²) < 4.78 is 11.3. The van der Waals surface area contributed by atoms with Gasteiger partial charge in [0.15, 0.2) is 0 Å². The molecule has 0 spiro atoms. The van der Waals surface area contributed by atoms with Gasteiger partial charge < -0.3 is 36.6 Å². The van der Waals surface area contributed by atoms with Crippen molar-refractivity contribution in [2.45, 2.75) is 6.04 Å². The van der Waals surface area contributed by atoms with E-state index in [2.05, 4.69) is 29.2 Å². The number of carboxylic acid groups (broad SMARTS) is 2. The summed E-state index contributed by atoms with van der Waals surface area (Å²) in [5.41, 5.74) is 2.38. The van der Waals surface area contributed by atoms with Crippen LogP contribution in [0.1, 0.15) is 17.2 Å². The Morgan fingerprint density at radius 2 is 1.34 bits per heavy atom. The predicted molar refractivity (Wildman–Crippen MR) is 128 cm³/mol. The summed E-state index contributed by atoms with van der Waals surface area (Å²) in [6, 6.07) is 18.4. The molecule has 1 saturated heterocycles. The van der Waals surface area contributed by atoms with Gasteiger partial charge in [0.05, 0.1) is 32.3 Å². The molecule has 8 nitrogen and oxygen atoms in total. The zero-order valence-corrected chi connectivity index (χ0v) is 21.0. The molecule has 35 heavy (non-hydrogen) atoms. The fourth-order valence-corrected chi connectivity index (χ4v) is 4.58. The summed E-state index contributed by atoms with van der Waals surface area (Å²) in [6.07, 6.45) is 0. The quantitative estimate of drug-likeness (QED) is 0.275. The first-order valence-electron chi connectivity index (χ1n) is 11.4. The Morgan fingerprint density at radius 3 is 1.83 bits per heavy atom. The van der Waals surface area contributed by atoms with Crippen LogP contribution in [-0.2, 0) is 19.1 Å². The lowest BCUT2D eigenvalue weighted by molar-refractivity contribution is -0.932. The Kier molecular flexibility index (Phi) is 11.9. The van der Waals surface area contributed by atoms with Crippen LogP contribution in [0, 0.1) is 0 Å². The minimum atomic E-state index is -0.991. The Hall–Kier alpha value is -2.20. The van der Waals surface area contributed by atoms with Crippen LogP contribution in [0.2, 0.25) is 5.02 Å². The summed E-state index contributed by atoms with van der Waals surface area (Å²) in [5, 5.41) is 18.4. The number of hydrogen-bond donors (Lipinski definition) is 2. The normalized spacial score (nSPS) is 16.3. The van der Waals surface area contributed by atoms with E-state index in [9.17, 15) is 9.59 Å². The van der Waals surface area contributed by atoms with E-state index in [0.717, 1.165) is 26.2 Å². The highest BCUT2D eigenvalue weighted by atomic mass is 35.5. The van der Waals surface area contributed by atoms with Crippen molar-refractivity contribution in [3.8, 4) is 0 Å². The molecule has 0 aromatic heterocycles. The number of aliphatic carboxylic acids is 2. The molecule has 2 aromatic carbocycles. The van der Waals surface area contributed by atoms with Crippen LogP contribution in [0.25, 0.3) is 0 Å². The van der Waals surface area contributed by atoms with Crippen molar-refractivity contribution in [3.63, 3.8) is 0 Å². The van der Waals surface area contributed by atoms with E-state index >= 15 is 0 Å². The summed E-state index contributed by atoms with van der Waals surface area (Å²) >= 11 is 6.13. The molecule has 3 rings (SSSR count). The molecule has 0 saturated carbocycles. The van der Waals surface area contributed by atoms with Gasteiger partial charge in [0.25, 0.3) is 0 Å². The molecule has 0 unspecified atom stereocenters. The molecule has 0 radical (unpaired) electrons. The lowest BCUT2D eigenvalue weighted by atomic mass is 9.96. The largest absolute Gasteiger partial charge is 1.00 e. The van der Waals surface area contributed by atoms with E-state index in [0.29, 0.717) is 35.8 Å². The minimum absolute atomic E-state index is 0. The second-order valence-electron chi connectivity index (χ2n) is 8.53. The fraction of sp³-hybridized carbons (Fsp3) is 0.440. The summed E-state index contributed by atoms with van der Waals surface area (Å²) in [5.74, 6) is -1.98. The number of benzene rings is 2. The molecule has 2 aromatic rings. The summed E-state index contributed by atoms with van der Waals surface area (Å²) in [4.78, 5) is 24.0. The monoisotopic (exact) mass is 526 g/mol. The molecule has 1 fully saturated rings. The zero-order chi connectivity index (χ0) is 24.4. The maximum atomic E-state index is 10.8. The van der Waals surface area contributed by atoms with Crippen molar-refractivity contribution in [2.24, 2.45) is 0 Å². The van der Waals surface area contributed by atoms with Gasteiger partial charge in [-0.25, -0.2) is 9.59 Å². The SMILES string of the molecule is O=C(O)COCC[N+]1(CCOCC(=O)O)CCN([C@H](c2ccccc2)c2ccc(Cl)cc2)CC1.[Cl-]. The Morgan fingerprint density at radius 1 is 0.857 bits per heavy atom. The van der Waals surface area contributed by atoms with E-state index in [1.165, 1.54) is 11.1 Å². The van der Waals surface area contributed by atoms with Gasteiger partial charge >= 0.3 is 11.9 Å². The molecule has 1 heterocycles. The van der Waals surface area contributed by atoms with E-state index in [4.69, 9.17) is 31.3 Å². The summed E-state index contributed by atoms with van der Waals surface area (Å²) in [7, 11) is 0. The molecule has 0 aliphatic carbocycles. The van der Waals surface area contributed by atoms with Gasteiger partial charge in [-0.1, -0.05) is 54.1 Å². The molecular formula is C25H32Cl2N2O6. The molecule has 10 heteroatoms. The average Bonchev–Trinajstić information content (AvgIpc) is 2.83. The van der Waals surface area contributed by atoms with E-state index in [1.807, 2.05) is 30.3 Å². The van der Waals surface area contributed by atoms with Crippen LogP contribution >= 0.6 is 11.6 Å². The Labute approximate surface area is 217 Å². The lowest BCUT2D eigenvalue weighted by Crippen LogP contribution is -3.00. The number of carboxylic acids is 2. The molecular weight excluding hydrogens is 495 g/mol. The van der Waals surface area contributed by atoms with Crippen LogP contribution in [0.15, 0.2) is 54.6 Å². The van der Waals surface area contributed by atoms with E-state index < -0.39 is 11.9 Å². The van der Waals surface area contributed by atoms with E-state index in [1.54, 1.807) is 0 Å². The molecule has 1 aliphatic rings. The Bertz CT molecular complexity index is 897. The smallest absolute Gasteiger partial charge is 0.329 e. The topological polar surface area (TPSA) is 96.3 Å². The van der Waals surface area contributed by atoms with Crippen molar-refractivity contribution in [2.75, 3.05) is 65.7 Å². The number of hydrogen-bond acceptors (Lipinski definition) is 5. The minimum Gasteiger partial charge on any atom is -1.00 e. The van der Waals surface area contributed by atoms with Crippen molar-refractivity contribution >= 4 is 23.5 Å². The first-order valence-corrected chi connectivity index (χ1v) is 11.7. The fourth-order valence-electron chi connectivity index (χ4n) is 4.45. The third kappa shape index (κ3) is 9.07. The summed E-state index contributed by atoms with van der Waals surface area (Å²) in [6.45, 7) is 4.58. The highest BCUT2D eigenvalue weighted by molar-refractivity contribution is 6.30. The van der Waals surface area contributed by atoms with Gasteiger partial charge in [0, 0.05) is 18.1 Å². The van der Waals surface area contributed by atoms with Crippen LogP contribution in [0.4, 0.5) is 0 Å². The second-order valence-corrected chi connectivity index (χ2v) is 8.97. The molecule has 1 atom stereocenters. The van der Waals surface area contributed by atoms with Gasteiger partial charge in [-0.3, -0.25) is 4.90 Å². The number of piperazine rings is 1. The standard InChI is InChI=1S/C25H31ClN2O6.ClH/c26-22-8-6-21(7-9-22)25(20-4-2-1-3-5-20)27-10-12-28(13-11-27,14-16-33-18-23(29)30)15-17-34-19-24(31)32;/h1-9,25H,10-19H2,(H-,29,30,31,32);1H/t25-;/m1./s1. The second kappa shape index (κ2) is 14.4. The van der Waals surface area contributed by atoms with E-state index in [-0.39, 0.29) is 31.7 Å². The van der Waals surface area contributed by atoms with Gasteiger partial charge in [-0.05, 0) is 23.3 Å². The molecule has 1 aliphatic heterocycles. The van der Waals surface area contributed by atoms with Crippen LogP contribution in [0.5, 0.6) is 0 Å². The number of carbonyl (C=O) groups is 2. The first-order chi connectivity index (χ1) is 16.4. The zero-order valence-electron chi connectivity index (χ0n) is 19.5. The number of nitrogens with zero attached hydrogens (tertiary/aromatic N) is 2. The number of halogens is 2. The molecule has 0 bridgehead atoms. The average molecular weight is 527 g/mol. The maximum absolute atomic E-state index is 10.8. The molecule has 2 N–H and O–H groups in total. The van der Waals surface area contributed by atoms with Crippen molar-refractivity contribution in [1.29, 1.82) is 0 Å². The number of quaternary nitrogens is 1. The van der Waals surface area contributed by atoms with Crippen molar-refractivity contribution in [1.82, 2.24) is 4.90 Å². The third-order valence-corrected chi connectivity index (χ3v) is 6.51. The number of rotatable bonds is 13. The van der Waals surface area contributed by atoms with Gasteiger partial charge in [-0.15, -0.1) is 0 Å². The van der Waals surface area contributed by atoms with Gasteiger partial charge in [0.1, 0.15) is 26.3 Å².